The molecule has 0 aliphatic heterocycles. The molecule has 7 N–H and O–H groups in total. The van der Waals surface area contributed by atoms with Crippen LogP contribution >= 0.6 is 0 Å². The molecule has 0 unspecified atom stereocenters. The van der Waals surface area contributed by atoms with Crippen LogP contribution in [-0.4, -0.2) is 57.0 Å². The van der Waals surface area contributed by atoms with Gasteiger partial charge in [-0.3, -0.25) is 23.5 Å². The van der Waals surface area contributed by atoms with Crippen LogP contribution in [0.5, 0.6) is 0 Å². The molecule has 0 aromatic heterocycles. The van der Waals surface area contributed by atoms with Gasteiger partial charge in [0.15, 0.2) is 11.6 Å². The Morgan fingerprint density at radius 2 is 1.29 bits per heavy atom. The summed E-state index contributed by atoms with van der Waals surface area (Å²) in [6.45, 7) is 0.823. The fraction of sp³-hybridized carbons (Fsp3) is 0.229. The normalized spacial score (nSPS) is 12.8. The van der Waals surface area contributed by atoms with E-state index in [1.54, 1.807) is 12.1 Å². The highest BCUT2D eigenvalue weighted by Gasteiger charge is 2.36. The molecule has 0 atom stereocenters. The molecule has 0 bridgehead atoms. The summed E-state index contributed by atoms with van der Waals surface area (Å²) < 4.78 is 69.6. The highest BCUT2D eigenvalue weighted by molar-refractivity contribution is 7.86. The molecule has 0 fully saturated rings. The van der Waals surface area contributed by atoms with Crippen LogP contribution in [0.2, 0.25) is 0 Å². The summed E-state index contributed by atoms with van der Waals surface area (Å²) in [7, 11) is -8.04. The molecule has 0 heterocycles. The number of rotatable bonds is 15. The minimum Gasteiger partial charge on any atom is -0.397 e. The van der Waals surface area contributed by atoms with E-state index in [-0.39, 0.29) is 39.7 Å². The Bertz CT molecular complexity index is 2310. The maximum atomic E-state index is 13.6. The average Bonchev–Trinajstić information content (AvgIpc) is 3.09. The number of hydrogen-bond donors (Lipinski definition) is 5. The number of carbonyl (C=O) groups excluding carboxylic acids is 3. The number of nitrogen functional groups attached to an aromatic ring is 1. The zero-order valence-corrected chi connectivity index (χ0v) is 29.6. The summed E-state index contributed by atoms with van der Waals surface area (Å²) in [5.41, 5.74) is 10.4. The van der Waals surface area contributed by atoms with Crippen LogP contribution in [0.3, 0.4) is 0 Å². The van der Waals surface area contributed by atoms with Gasteiger partial charge in [-0.25, -0.2) is 0 Å². The van der Waals surface area contributed by atoms with E-state index in [9.17, 15) is 40.3 Å². The quantitative estimate of drug-likeness (QED) is 0.0360. The minimum absolute atomic E-state index is 0.00215. The molecule has 17 heteroatoms. The van der Waals surface area contributed by atoms with Gasteiger partial charge in [0, 0.05) is 36.8 Å². The molecule has 4 aromatic rings. The maximum absolute atomic E-state index is 13.6. The number of unbranched alkanes of at least 4 members (excludes halogenated alkanes) is 4. The van der Waals surface area contributed by atoms with Crippen molar-refractivity contribution in [2.45, 2.75) is 48.3 Å². The van der Waals surface area contributed by atoms with Gasteiger partial charge in [-0.1, -0.05) is 43.5 Å². The van der Waals surface area contributed by atoms with Crippen LogP contribution < -0.4 is 21.7 Å². The monoisotopic (exact) mass is 748 g/mol. The van der Waals surface area contributed by atoms with E-state index < -0.39 is 52.8 Å². The van der Waals surface area contributed by atoms with Crippen molar-refractivity contribution in [3.05, 3.63) is 95.1 Å². The summed E-state index contributed by atoms with van der Waals surface area (Å²) in [4.78, 5) is 38.4. The number of benzene rings is 4. The number of hydrogen-bond acceptors (Lipinski definition) is 12. The van der Waals surface area contributed by atoms with E-state index in [1.165, 1.54) is 36.4 Å². The number of fused-ring (bicyclic) bond motifs is 2. The molecule has 15 nitrogen and oxygen atoms in total. The van der Waals surface area contributed by atoms with Crippen molar-refractivity contribution in [1.82, 2.24) is 0 Å². The number of ketones is 2. The maximum Gasteiger partial charge on any atom is 0.296 e. The minimum atomic E-state index is -5.04. The van der Waals surface area contributed by atoms with Gasteiger partial charge in [0.25, 0.3) is 20.2 Å². The fourth-order valence-corrected chi connectivity index (χ4v) is 7.15. The average molecular weight is 749 g/mol. The summed E-state index contributed by atoms with van der Waals surface area (Å²) in [6.07, 6.45) is 5.18. The number of azo groups is 1. The fourth-order valence-electron chi connectivity index (χ4n) is 5.84. The third kappa shape index (κ3) is 8.51. The number of nitrogens with zero attached hydrogens (tertiary/aromatic N) is 3. The summed E-state index contributed by atoms with van der Waals surface area (Å²) in [6, 6.07) is 17.3. The van der Waals surface area contributed by atoms with Crippen LogP contribution in [0.25, 0.3) is 0 Å². The lowest BCUT2D eigenvalue weighted by Crippen LogP contribution is -2.25. The van der Waals surface area contributed by atoms with E-state index in [0.29, 0.717) is 12.1 Å². The summed E-state index contributed by atoms with van der Waals surface area (Å²) in [5, 5.41) is 10.9. The number of amides is 1. The summed E-state index contributed by atoms with van der Waals surface area (Å²) >= 11 is 0. The molecule has 4 aromatic carbocycles. The molecular weight excluding hydrogens is 713 g/mol. The summed E-state index contributed by atoms with van der Waals surface area (Å²) in [5.74, 6) is -1.78. The molecule has 0 radical (unpaired) electrons. The molecule has 1 aliphatic carbocycles. The molecular formula is C35H36N6O9S2. The number of primary amides is 1. The van der Waals surface area contributed by atoms with Gasteiger partial charge >= 0.3 is 0 Å². The Morgan fingerprint density at radius 1 is 0.731 bits per heavy atom. The van der Waals surface area contributed by atoms with Gasteiger partial charge in [0.2, 0.25) is 5.91 Å². The number of carbonyl (C=O) groups is 3. The molecule has 1 aliphatic rings. The van der Waals surface area contributed by atoms with E-state index in [4.69, 9.17) is 11.5 Å². The molecule has 0 saturated carbocycles. The second-order valence-electron chi connectivity index (χ2n) is 12.2. The van der Waals surface area contributed by atoms with Crippen molar-refractivity contribution < 1.29 is 40.3 Å². The Balaban J connectivity index is 1.38. The first kappa shape index (κ1) is 37.8. The molecule has 0 saturated heterocycles. The first-order valence-corrected chi connectivity index (χ1v) is 19.0. The van der Waals surface area contributed by atoms with Gasteiger partial charge in [-0.15, -0.1) is 0 Å². The SMILES string of the molecule is CN(CCCCCCCC(N)=O)c1ccc(/N=N/c2ccc(Nc3cc(S(=O)(=O)O)c(N)c4c3C(=O)c3ccccc3C4=O)c(S(=O)(=O)O)c2)cc1. The zero-order chi connectivity index (χ0) is 37.8. The Morgan fingerprint density at radius 3 is 1.90 bits per heavy atom. The van der Waals surface area contributed by atoms with Crippen LogP contribution in [0.15, 0.2) is 92.8 Å². The third-order valence-electron chi connectivity index (χ3n) is 8.48. The molecule has 52 heavy (non-hydrogen) atoms. The standard InChI is InChI=1S/C35H36N6O9S2/c1-41(18-8-4-2-3-5-11-30(36)42)23-15-12-21(13-16-23)39-40-22-14-17-26(28(19-22)51(45,46)47)38-27-20-29(52(48,49)50)33(37)32-31(27)34(43)24-9-6-7-10-25(24)35(32)44/h6-7,9-10,12-17,19-20,38H,2-5,8,11,18,37H2,1H3,(H2,36,42)(H,45,46,47)(H,48,49,50)/b40-39+. The number of anilines is 4. The van der Waals surface area contributed by atoms with Crippen molar-refractivity contribution in [3.8, 4) is 0 Å². The first-order valence-electron chi connectivity index (χ1n) is 16.1. The second kappa shape index (κ2) is 15.4. The van der Waals surface area contributed by atoms with Crippen molar-refractivity contribution >= 4 is 71.8 Å². The van der Waals surface area contributed by atoms with Gasteiger partial charge in [-0.05, 0) is 61.4 Å². The van der Waals surface area contributed by atoms with E-state index >= 15 is 0 Å². The molecule has 272 valence electrons. The third-order valence-corrected chi connectivity index (χ3v) is 10.3. The van der Waals surface area contributed by atoms with Crippen LogP contribution in [0.4, 0.5) is 34.1 Å². The highest BCUT2D eigenvalue weighted by atomic mass is 32.2. The number of nitrogens with one attached hydrogen (secondary N) is 1. The Hall–Kier alpha value is -5.49. The van der Waals surface area contributed by atoms with Gasteiger partial charge < -0.3 is 21.7 Å². The molecule has 1 amide bonds. The van der Waals surface area contributed by atoms with Crippen molar-refractivity contribution in [2.24, 2.45) is 16.0 Å². The van der Waals surface area contributed by atoms with Gasteiger partial charge in [-0.2, -0.15) is 27.1 Å². The van der Waals surface area contributed by atoms with Gasteiger partial charge in [0.1, 0.15) is 9.79 Å². The van der Waals surface area contributed by atoms with Crippen molar-refractivity contribution in [3.63, 3.8) is 0 Å². The van der Waals surface area contributed by atoms with E-state index in [2.05, 4.69) is 20.4 Å². The van der Waals surface area contributed by atoms with Crippen LogP contribution in [0, 0.1) is 0 Å². The van der Waals surface area contributed by atoms with Crippen LogP contribution in [-0.2, 0) is 25.0 Å². The Labute approximate surface area is 300 Å². The van der Waals surface area contributed by atoms with Crippen molar-refractivity contribution in [2.75, 3.05) is 29.5 Å². The topological polar surface area (TPSA) is 252 Å². The smallest absolute Gasteiger partial charge is 0.296 e. The number of nitrogens with two attached hydrogens (primary N) is 2. The van der Waals surface area contributed by atoms with Gasteiger partial charge in [0.05, 0.1) is 39.6 Å². The van der Waals surface area contributed by atoms with Crippen molar-refractivity contribution in [1.29, 1.82) is 0 Å². The van der Waals surface area contributed by atoms with Crippen LogP contribution in [0.1, 0.15) is 70.4 Å². The highest BCUT2D eigenvalue weighted by Crippen LogP contribution is 2.41. The molecule has 5 rings (SSSR count). The van der Waals surface area contributed by atoms with E-state index in [0.717, 1.165) is 56.5 Å². The largest absolute Gasteiger partial charge is 0.397 e. The first-order chi connectivity index (χ1) is 24.6. The zero-order valence-electron chi connectivity index (χ0n) is 27.9. The lowest BCUT2D eigenvalue weighted by Gasteiger charge is -2.24. The Kier molecular flexibility index (Phi) is 11.2. The lowest BCUT2D eigenvalue weighted by molar-refractivity contribution is -0.118. The molecule has 0 spiro atoms. The predicted octanol–water partition coefficient (Wildman–Crippen LogP) is 5.96. The lowest BCUT2D eigenvalue weighted by atomic mass is 9.82. The predicted molar refractivity (Wildman–Crippen MR) is 194 cm³/mol. The van der Waals surface area contributed by atoms with E-state index in [1.807, 2.05) is 19.2 Å². The second-order valence-corrected chi connectivity index (χ2v) is 14.9.